The number of hydrogen-bond donors (Lipinski definition) is 2. The lowest BCUT2D eigenvalue weighted by Crippen LogP contribution is -2.18. The van der Waals surface area contributed by atoms with Crippen molar-refractivity contribution in [1.82, 2.24) is 15.3 Å². The molecule has 0 unspecified atom stereocenters. The molecule has 8 heteroatoms. The van der Waals surface area contributed by atoms with Crippen molar-refractivity contribution in [1.29, 1.82) is 5.41 Å². The van der Waals surface area contributed by atoms with Crippen molar-refractivity contribution in [2.45, 2.75) is 6.43 Å². The first-order valence-corrected chi connectivity index (χ1v) is 5.52. The van der Waals surface area contributed by atoms with Crippen LogP contribution in [-0.2, 0) is 0 Å². The molecule has 0 radical (unpaired) electrons. The molecule has 5 nitrogen and oxygen atoms in total. The Morgan fingerprint density at radius 2 is 2.21 bits per heavy atom. The van der Waals surface area contributed by atoms with Crippen molar-refractivity contribution in [2.24, 2.45) is 4.99 Å². The summed E-state index contributed by atoms with van der Waals surface area (Å²) in [5.41, 5.74) is 0.185. The fourth-order valence-electron chi connectivity index (χ4n) is 1.41. The third-order valence-corrected chi connectivity index (χ3v) is 2.45. The van der Waals surface area contributed by atoms with Gasteiger partial charge in [0, 0.05) is 18.5 Å². The zero-order valence-electron chi connectivity index (χ0n) is 9.44. The van der Waals surface area contributed by atoms with E-state index >= 15 is 0 Å². The van der Waals surface area contributed by atoms with E-state index in [2.05, 4.69) is 20.3 Å². The molecule has 1 aromatic rings. The molecule has 0 aliphatic carbocycles. The Bertz CT molecular complexity index is 595. The first-order chi connectivity index (χ1) is 9.11. The summed E-state index contributed by atoms with van der Waals surface area (Å²) in [6, 6.07) is 1.42. The van der Waals surface area contributed by atoms with Gasteiger partial charge >= 0.3 is 0 Å². The molecule has 2 heterocycles. The van der Waals surface area contributed by atoms with Gasteiger partial charge in [-0.05, 0) is 6.08 Å². The van der Waals surface area contributed by atoms with Gasteiger partial charge in [0.2, 0.25) is 0 Å². The molecule has 0 amide bonds. The summed E-state index contributed by atoms with van der Waals surface area (Å²) in [7, 11) is 0. The molecule has 1 aliphatic heterocycles. The van der Waals surface area contributed by atoms with Crippen LogP contribution in [0.4, 0.5) is 8.78 Å². The van der Waals surface area contributed by atoms with Gasteiger partial charge in [0.1, 0.15) is 23.0 Å². The van der Waals surface area contributed by atoms with Gasteiger partial charge in [-0.2, -0.15) is 0 Å². The number of aliphatic imine (C=N–C) groups is 1. The molecule has 0 atom stereocenters. The van der Waals surface area contributed by atoms with Crippen LogP contribution in [-0.4, -0.2) is 28.3 Å². The molecule has 1 aliphatic rings. The number of alkyl halides is 2. The molecule has 0 saturated heterocycles. The second-order valence-electron chi connectivity index (χ2n) is 3.45. The van der Waals surface area contributed by atoms with Crippen LogP contribution in [0.2, 0.25) is 5.15 Å². The van der Waals surface area contributed by atoms with E-state index in [1.165, 1.54) is 24.7 Å². The molecular weight excluding hydrogens is 276 g/mol. The quantitative estimate of drug-likeness (QED) is 0.660. The largest absolute Gasteiger partial charge is 0.346 e. The topological polar surface area (TPSA) is 74.0 Å². The highest BCUT2D eigenvalue weighted by Gasteiger charge is 2.16. The SMILES string of the molecule is N=C/C(=C1/N=C(C(F)F)C=CN1)c1cc(Cl)ncn1. The predicted molar refractivity (Wildman–Crippen MR) is 68.5 cm³/mol. The fraction of sp³-hybridized carbons (Fsp3) is 0.0909. The van der Waals surface area contributed by atoms with Crippen LogP contribution in [0.1, 0.15) is 5.69 Å². The Morgan fingerprint density at radius 1 is 1.42 bits per heavy atom. The van der Waals surface area contributed by atoms with E-state index in [0.717, 1.165) is 6.21 Å². The summed E-state index contributed by atoms with van der Waals surface area (Å²) in [6.45, 7) is 0. The molecule has 19 heavy (non-hydrogen) atoms. The first-order valence-electron chi connectivity index (χ1n) is 5.14. The number of aromatic nitrogens is 2. The number of nitrogens with one attached hydrogen (secondary N) is 2. The molecule has 0 aromatic carbocycles. The van der Waals surface area contributed by atoms with Gasteiger partial charge in [-0.1, -0.05) is 11.6 Å². The van der Waals surface area contributed by atoms with E-state index in [4.69, 9.17) is 17.0 Å². The standard InChI is InChI=1S/C11H8ClF2N5/c12-9-3-8(17-5-18-9)6(4-15)11-16-2-1-7(19-11)10(13)14/h1-5,10,15-16H/b11-6-,15-4?. The summed E-state index contributed by atoms with van der Waals surface area (Å²) in [4.78, 5) is 11.4. The van der Waals surface area contributed by atoms with Crippen molar-refractivity contribution in [3.8, 4) is 0 Å². The minimum absolute atomic E-state index is 0.113. The average molecular weight is 284 g/mol. The lowest BCUT2D eigenvalue weighted by molar-refractivity contribution is 0.226. The van der Waals surface area contributed by atoms with E-state index in [1.807, 2.05) is 0 Å². The van der Waals surface area contributed by atoms with Crippen LogP contribution in [0.3, 0.4) is 0 Å². The Hall–Kier alpha value is -2.15. The van der Waals surface area contributed by atoms with E-state index in [9.17, 15) is 8.78 Å². The number of rotatable bonds is 3. The number of allylic oxidation sites excluding steroid dienone is 2. The normalized spacial score (nSPS) is 16.9. The van der Waals surface area contributed by atoms with E-state index in [-0.39, 0.29) is 22.3 Å². The molecule has 0 saturated carbocycles. The molecule has 0 bridgehead atoms. The Labute approximate surface area is 112 Å². The molecular formula is C11H8ClF2N5. The summed E-state index contributed by atoms with van der Waals surface area (Å²) in [5.74, 6) is 0.113. The molecule has 0 fully saturated rings. The maximum Gasteiger partial charge on any atom is 0.280 e. The number of nitrogens with zero attached hydrogens (tertiary/aromatic N) is 3. The van der Waals surface area contributed by atoms with Gasteiger partial charge in [0.05, 0.1) is 11.3 Å². The maximum atomic E-state index is 12.6. The highest BCUT2D eigenvalue weighted by atomic mass is 35.5. The van der Waals surface area contributed by atoms with Crippen molar-refractivity contribution in [3.05, 3.63) is 41.3 Å². The smallest absolute Gasteiger partial charge is 0.280 e. The Balaban J connectivity index is 2.49. The molecule has 0 spiro atoms. The number of hydrogen-bond acceptors (Lipinski definition) is 5. The van der Waals surface area contributed by atoms with Gasteiger partial charge in [-0.25, -0.2) is 23.7 Å². The average Bonchev–Trinajstić information content (AvgIpc) is 2.40. The predicted octanol–water partition coefficient (Wildman–Crippen LogP) is 2.27. The second-order valence-corrected chi connectivity index (χ2v) is 3.83. The Kier molecular flexibility index (Phi) is 3.96. The zero-order valence-corrected chi connectivity index (χ0v) is 10.2. The van der Waals surface area contributed by atoms with Gasteiger partial charge < -0.3 is 10.7 Å². The van der Waals surface area contributed by atoms with Crippen LogP contribution >= 0.6 is 11.6 Å². The van der Waals surface area contributed by atoms with Crippen LogP contribution < -0.4 is 5.32 Å². The van der Waals surface area contributed by atoms with Crippen molar-refractivity contribution >= 4 is 29.1 Å². The van der Waals surface area contributed by atoms with Crippen LogP contribution in [0.25, 0.3) is 5.57 Å². The van der Waals surface area contributed by atoms with Crippen LogP contribution in [0.5, 0.6) is 0 Å². The van der Waals surface area contributed by atoms with E-state index in [0.29, 0.717) is 5.69 Å². The molecule has 2 rings (SSSR count). The van der Waals surface area contributed by atoms with E-state index < -0.39 is 6.43 Å². The highest BCUT2D eigenvalue weighted by molar-refractivity contribution is 6.29. The Morgan fingerprint density at radius 3 is 2.84 bits per heavy atom. The lowest BCUT2D eigenvalue weighted by atomic mass is 10.2. The first kappa shape index (κ1) is 13.3. The minimum Gasteiger partial charge on any atom is -0.346 e. The molecule has 98 valence electrons. The molecule has 1 aromatic heterocycles. The highest BCUT2D eigenvalue weighted by Crippen LogP contribution is 2.19. The minimum atomic E-state index is -2.69. The summed E-state index contributed by atoms with van der Waals surface area (Å²) in [5, 5.41) is 10.3. The molecule has 2 N–H and O–H groups in total. The third-order valence-electron chi connectivity index (χ3n) is 2.25. The van der Waals surface area contributed by atoms with Gasteiger partial charge in [0.25, 0.3) is 6.43 Å². The van der Waals surface area contributed by atoms with Gasteiger partial charge in [-0.15, -0.1) is 0 Å². The summed E-state index contributed by atoms with van der Waals surface area (Å²) >= 11 is 5.72. The van der Waals surface area contributed by atoms with E-state index in [1.54, 1.807) is 0 Å². The zero-order chi connectivity index (χ0) is 13.8. The third kappa shape index (κ3) is 3.00. The second kappa shape index (κ2) is 5.66. The van der Waals surface area contributed by atoms with Gasteiger partial charge in [0.15, 0.2) is 0 Å². The van der Waals surface area contributed by atoms with Crippen molar-refractivity contribution in [2.75, 3.05) is 0 Å². The van der Waals surface area contributed by atoms with Crippen molar-refractivity contribution in [3.63, 3.8) is 0 Å². The maximum absolute atomic E-state index is 12.6. The lowest BCUT2D eigenvalue weighted by Gasteiger charge is -2.13. The number of halogens is 3. The van der Waals surface area contributed by atoms with Crippen LogP contribution in [0.15, 0.2) is 35.5 Å². The summed E-state index contributed by atoms with van der Waals surface area (Å²) in [6.07, 6.45) is 2.00. The van der Waals surface area contributed by atoms with Crippen molar-refractivity contribution < 1.29 is 8.78 Å². The monoisotopic (exact) mass is 283 g/mol. The summed E-state index contributed by atoms with van der Waals surface area (Å²) < 4.78 is 25.2. The fourth-order valence-corrected chi connectivity index (χ4v) is 1.56. The van der Waals surface area contributed by atoms with Gasteiger partial charge in [-0.3, -0.25) is 0 Å². The van der Waals surface area contributed by atoms with Crippen LogP contribution in [0, 0.1) is 5.41 Å².